The van der Waals surface area contributed by atoms with E-state index in [4.69, 9.17) is 5.73 Å². The molecular formula is C8H10N2OS. The Hall–Kier alpha value is -1.16. The standard InChI is InChI=1S/C8H10N2OS/c9-8(11)10-12-6-7-4-2-1-3-5-7/h1-5H,6H2,(H3,9,10,11). The van der Waals surface area contributed by atoms with Crippen molar-refractivity contribution in [1.29, 1.82) is 0 Å². The fourth-order valence-corrected chi connectivity index (χ4v) is 1.34. The summed E-state index contributed by atoms with van der Waals surface area (Å²) in [4.78, 5) is 10.3. The van der Waals surface area contributed by atoms with Gasteiger partial charge in [0.05, 0.1) is 0 Å². The maximum atomic E-state index is 10.3. The largest absolute Gasteiger partial charge is 0.351 e. The molecule has 0 atom stereocenters. The Bertz CT molecular complexity index is 250. The zero-order valence-electron chi connectivity index (χ0n) is 6.49. The van der Waals surface area contributed by atoms with Gasteiger partial charge in [-0.05, 0) is 17.5 Å². The summed E-state index contributed by atoms with van der Waals surface area (Å²) in [5, 5.41) is 0. The second kappa shape index (κ2) is 4.66. The Morgan fingerprint density at radius 3 is 2.67 bits per heavy atom. The van der Waals surface area contributed by atoms with Gasteiger partial charge in [0.2, 0.25) is 0 Å². The van der Waals surface area contributed by atoms with E-state index >= 15 is 0 Å². The van der Waals surface area contributed by atoms with Crippen LogP contribution in [0, 0.1) is 0 Å². The van der Waals surface area contributed by atoms with Crippen LogP contribution in [-0.2, 0) is 5.75 Å². The summed E-state index contributed by atoms with van der Waals surface area (Å²) in [5.74, 6) is 0.740. The summed E-state index contributed by atoms with van der Waals surface area (Å²) >= 11 is 1.29. The van der Waals surface area contributed by atoms with Gasteiger partial charge in [0.1, 0.15) is 0 Å². The molecule has 0 aliphatic heterocycles. The van der Waals surface area contributed by atoms with E-state index in [9.17, 15) is 4.79 Å². The maximum absolute atomic E-state index is 10.3. The van der Waals surface area contributed by atoms with Crippen LogP contribution in [0.4, 0.5) is 4.79 Å². The zero-order chi connectivity index (χ0) is 8.81. The number of carbonyl (C=O) groups excluding carboxylic acids is 1. The van der Waals surface area contributed by atoms with Gasteiger partial charge >= 0.3 is 6.03 Å². The minimum atomic E-state index is -0.504. The van der Waals surface area contributed by atoms with E-state index in [0.29, 0.717) is 0 Å². The van der Waals surface area contributed by atoms with Crippen LogP contribution in [0.15, 0.2) is 30.3 Å². The molecule has 64 valence electrons. The van der Waals surface area contributed by atoms with Gasteiger partial charge in [-0.3, -0.25) is 4.72 Å². The molecule has 12 heavy (non-hydrogen) atoms. The summed E-state index contributed by atoms with van der Waals surface area (Å²) in [7, 11) is 0. The third kappa shape index (κ3) is 3.30. The van der Waals surface area contributed by atoms with Gasteiger partial charge in [0, 0.05) is 5.75 Å². The molecule has 1 aromatic rings. The molecule has 3 N–H and O–H groups in total. The van der Waals surface area contributed by atoms with E-state index in [1.165, 1.54) is 11.9 Å². The second-order valence-corrected chi connectivity index (χ2v) is 3.02. The van der Waals surface area contributed by atoms with Gasteiger partial charge in [-0.2, -0.15) is 0 Å². The Balaban J connectivity index is 2.29. The molecule has 1 rings (SSSR count). The normalized spacial score (nSPS) is 9.33. The van der Waals surface area contributed by atoms with Gasteiger partial charge < -0.3 is 5.73 Å². The summed E-state index contributed by atoms with van der Waals surface area (Å²) in [6, 6.07) is 9.36. The fourth-order valence-electron chi connectivity index (χ4n) is 0.765. The van der Waals surface area contributed by atoms with E-state index in [2.05, 4.69) is 4.72 Å². The maximum Gasteiger partial charge on any atom is 0.322 e. The monoisotopic (exact) mass is 182 g/mol. The van der Waals surface area contributed by atoms with Crippen molar-refractivity contribution in [2.24, 2.45) is 5.73 Å². The van der Waals surface area contributed by atoms with Gasteiger partial charge in [-0.1, -0.05) is 30.3 Å². The number of rotatable bonds is 3. The third-order valence-corrected chi connectivity index (χ3v) is 2.08. The third-order valence-electron chi connectivity index (χ3n) is 1.25. The second-order valence-electron chi connectivity index (χ2n) is 2.24. The number of benzene rings is 1. The zero-order valence-corrected chi connectivity index (χ0v) is 7.30. The Kier molecular flexibility index (Phi) is 3.47. The first-order chi connectivity index (χ1) is 5.79. The molecule has 4 heteroatoms. The van der Waals surface area contributed by atoms with Gasteiger partial charge in [0.15, 0.2) is 0 Å². The van der Waals surface area contributed by atoms with Crippen LogP contribution >= 0.6 is 11.9 Å². The van der Waals surface area contributed by atoms with Gasteiger partial charge in [-0.25, -0.2) is 4.79 Å². The molecule has 0 spiro atoms. The van der Waals surface area contributed by atoms with Crippen molar-refractivity contribution < 1.29 is 4.79 Å². The lowest BCUT2D eigenvalue weighted by atomic mass is 10.2. The molecule has 3 nitrogen and oxygen atoms in total. The summed E-state index contributed by atoms with van der Waals surface area (Å²) in [6.45, 7) is 0. The lowest BCUT2D eigenvalue weighted by molar-refractivity contribution is 0.254. The van der Waals surface area contributed by atoms with Crippen molar-refractivity contribution in [2.45, 2.75) is 5.75 Å². The molecule has 0 aromatic heterocycles. The first-order valence-electron chi connectivity index (χ1n) is 3.50. The molecule has 0 radical (unpaired) electrons. The molecule has 1 aromatic carbocycles. The number of urea groups is 1. The van der Waals surface area contributed by atoms with Crippen molar-refractivity contribution >= 4 is 18.0 Å². The van der Waals surface area contributed by atoms with Crippen molar-refractivity contribution in [3.05, 3.63) is 35.9 Å². The highest BCUT2D eigenvalue weighted by Gasteiger charge is 1.93. The molecule has 2 amide bonds. The molecule has 0 saturated carbocycles. The average molecular weight is 182 g/mol. The summed E-state index contributed by atoms with van der Waals surface area (Å²) < 4.78 is 2.45. The van der Waals surface area contributed by atoms with E-state index in [0.717, 1.165) is 11.3 Å². The molecule has 0 fully saturated rings. The minimum absolute atomic E-state index is 0.504. The van der Waals surface area contributed by atoms with Crippen molar-refractivity contribution in [2.75, 3.05) is 0 Å². The Labute approximate surface area is 75.5 Å². The predicted octanol–water partition coefficient (Wildman–Crippen LogP) is 1.50. The SMILES string of the molecule is NC(=O)NSCc1ccccc1. The topological polar surface area (TPSA) is 55.1 Å². The molecule has 0 saturated heterocycles. The van der Waals surface area contributed by atoms with Crippen LogP contribution in [0.2, 0.25) is 0 Å². The molecule has 0 heterocycles. The molecule has 0 aliphatic rings. The smallest absolute Gasteiger partial charge is 0.322 e. The number of hydrogen-bond donors (Lipinski definition) is 2. The number of nitrogens with two attached hydrogens (primary N) is 1. The van der Waals surface area contributed by atoms with Gasteiger partial charge in [0.25, 0.3) is 0 Å². The van der Waals surface area contributed by atoms with Crippen LogP contribution in [0.5, 0.6) is 0 Å². The number of hydrogen-bond acceptors (Lipinski definition) is 2. The van der Waals surface area contributed by atoms with Crippen LogP contribution in [-0.4, -0.2) is 6.03 Å². The highest BCUT2D eigenvalue weighted by molar-refractivity contribution is 7.97. The lowest BCUT2D eigenvalue weighted by Gasteiger charge is -1.99. The first kappa shape index (κ1) is 8.93. The molecule has 0 bridgehead atoms. The number of nitrogens with one attached hydrogen (secondary N) is 1. The van der Waals surface area contributed by atoms with Crippen LogP contribution < -0.4 is 10.5 Å². The summed E-state index contributed by atoms with van der Waals surface area (Å²) in [5.41, 5.74) is 6.05. The van der Waals surface area contributed by atoms with Crippen molar-refractivity contribution in [1.82, 2.24) is 4.72 Å². The average Bonchev–Trinajstić information content (AvgIpc) is 2.05. The van der Waals surface area contributed by atoms with E-state index in [1.807, 2.05) is 30.3 Å². The highest BCUT2D eigenvalue weighted by atomic mass is 32.2. The van der Waals surface area contributed by atoms with Crippen molar-refractivity contribution in [3.63, 3.8) is 0 Å². The summed E-state index contributed by atoms with van der Waals surface area (Å²) in [6.07, 6.45) is 0. The predicted molar refractivity (Wildman–Crippen MR) is 50.5 cm³/mol. The lowest BCUT2D eigenvalue weighted by Crippen LogP contribution is -2.22. The van der Waals surface area contributed by atoms with Crippen molar-refractivity contribution in [3.8, 4) is 0 Å². The van der Waals surface area contributed by atoms with Crippen LogP contribution in [0.1, 0.15) is 5.56 Å². The molecular weight excluding hydrogens is 172 g/mol. The minimum Gasteiger partial charge on any atom is -0.351 e. The van der Waals surface area contributed by atoms with Crippen LogP contribution in [0.3, 0.4) is 0 Å². The fraction of sp³-hybridized carbons (Fsp3) is 0.125. The van der Waals surface area contributed by atoms with E-state index in [-0.39, 0.29) is 0 Å². The van der Waals surface area contributed by atoms with E-state index < -0.39 is 6.03 Å². The molecule has 0 unspecified atom stereocenters. The quantitative estimate of drug-likeness (QED) is 0.696. The van der Waals surface area contributed by atoms with E-state index in [1.54, 1.807) is 0 Å². The Morgan fingerprint density at radius 1 is 1.42 bits per heavy atom. The number of carbonyl (C=O) groups is 1. The molecule has 0 aliphatic carbocycles. The highest BCUT2D eigenvalue weighted by Crippen LogP contribution is 2.07. The number of primary amides is 1. The van der Waals surface area contributed by atoms with Crippen LogP contribution in [0.25, 0.3) is 0 Å². The van der Waals surface area contributed by atoms with Gasteiger partial charge in [-0.15, -0.1) is 0 Å². The number of amides is 2. The Morgan fingerprint density at radius 2 is 2.08 bits per heavy atom. The first-order valence-corrected chi connectivity index (χ1v) is 4.49.